The zero-order valence-electron chi connectivity index (χ0n) is 19.8. The second-order valence-electron chi connectivity index (χ2n) is 7.46. The van der Waals surface area contributed by atoms with Crippen LogP contribution in [0.25, 0.3) is 6.08 Å². The molecule has 0 aliphatic heterocycles. The molecule has 0 fully saturated rings. The first kappa shape index (κ1) is 29.3. The number of anilines is 1. The van der Waals surface area contributed by atoms with Crippen molar-refractivity contribution in [1.82, 2.24) is 4.98 Å². The van der Waals surface area contributed by atoms with E-state index in [-0.39, 0.29) is 70.1 Å². The molecular formula is C23H19ClN4NaO6S2. The molecule has 10 nitrogen and oxygen atoms in total. The first-order valence-electron chi connectivity index (χ1n) is 10.6. The number of allylic oxidation sites excluding steroid dienone is 1. The van der Waals surface area contributed by atoms with Crippen molar-refractivity contribution in [2.45, 2.75) is 6.92 Å². The number of ketones is 2. The number of hydrogen-bond donors (Lipinski definition) is 1. The average Bonchev–Trinajstić information content (AvgIpc) is 3.32. The Morgan fingerprint density at radius 2 is 1.70 bits per heavy atom. The van der Waals surface area contributed by atoms with Gasteiger partial charge in [0.05, 0.1) is 22.7 Å². The van der Waals surface area contributed by atoms with Crippen molar-refractivity contribution in [3.63, 3.8) is 0 Å². The van der Waals surface area contributed by atoms with E-state index in [2.05, 4.69) is 19.4 Å². The number of halogens is 1. The fraction of sp³-hybridized carbons (Fsp3) is 0.174. The van der Waals surface area contributed by atoms with Gasteiger partial charge in [-0.2, -0.15) is 8.42 Å². The Bertz CT molecular complexity index is 1450. The van der Waals surface area contributed by atoms with Crippen LogP contribution in [0.3, 0.4) is 0 Å². The van der Waals surface area contributed by atoms with Crippen LogP contribution in [0.4, 0.5) is 16.5 Å². The largest absolute Gasteiger partial charge is 0.397 e. The van der Waals surface area contributed by atoms with Crippen molar-refractivity contribution in [2.24, 2.45) is 10.2 Å². The summed E-state index contributed by atoms with van der Waals surface area (Å²) in [4.78, 5) is 31.6. The molecule has 0 saturated heterocycles. The molecule has 3 aromatic rings. The Kier molecular flexibility index (Phi) is 9.89. The maximum absolute atomic E-state index is 12.6. The number of fused-ring (bicyclic) bond motifs is 1. The van der Waals surface area contributed by atoms with E-state index in [1.807, 2.05) is 11.8 Å². The van der Waals surface area contributed by atoms with Crippen LogP contribution >= 0.6 is 22.9 Å². The van der Waals surface area contributed by atoms with Crippen molar-refractivity contribution < 1.29 is 26.7 Å². The molecule has 14 heteroatoms. The number of nitrogens with zero attached hydrogens (tertiary/aromatic N) is 4. The van der Waals surface area contributed by atoms with Gasteiger partial charge in [-0.05, 0) is 37.3 Å². The van der Waals surface area contributed by atoms with Gasteiger partial charge in [-0.15, -0.1) is 10.2 Å². The van der Waals surface area contributed by atoms with E-state index < -0.39 is 10.4 Å². The van der Waals surface area contributed by atoms with E-state index in [9.17, 15) is 18.0 Å². The third-order valence-corrected chi connectivity index (χ3v) is 6.97. The molecule has 0 unspecified atom stereocenters. The number of carbonyl (C=O) groups is 2. The van der Waals surface area contributed by atoms with Crippen molar-refractivity contribution >= 4 is 97.0 Å². The summed E-state index contributed by atoms with van der Waals surface area (Å²) in [6, 6.07) is 13.6. The van der Waals surface area contributed by atoms with E-state index in [0.29, 0.717) is 28.2 Å². The fourth-order valence-electron chi connectivity index (χ4n) is 3.52. The molecule has 2 aromatic carbocycles. The summed E-state index contributed by atoms with van der Waals surface area (Å²) in [6.45, 7) is 2.54. The maximum atomic E-state index is 12.6. The SMILES string of the molecule is CCN(CCOS(=O)(=O)O)c1ccc(N=Nc2nc(Cl)c(C=C3C(=O)c4ccccc4C3=O)s2)cc1.[Na]. The van der Waals surface area contributed by atoms with Gasteiger partial charge in [0, 0.05) is 59.5 Å². The van der Waals surface area contributed by atoms with Crippen molar-refractivity contribution in [3.05, 3.63) is 75.3 Å². The number of azo groups is 1. The molecular weight excluding hydrogens is 551 g/mol. The van der Waals surface area contributed by atoms with Gasteiger partial charge in [0.1, 0.15) is 5.15 Å². The number of carbonyl (C=O) groups excluding carboxylic acids is 2. The minimum Gasteiger partial charge on any atom is -0.369 e. The molecule has 37 heavy (non-hydrogen) atoms. The van der Waals surface area contributed by atoms with Gasteiger partial charge in [0.15, 0.2) is 11.6 Å². The molecule has 1 aliphatic rings. The Balaban J connectivity index is 0.00000380. The Morgan fingerprint density at radius 1 is 1.08 bits per heavy atom. The Morgan fingerprint density at radius 3 is 2.27 bits per heavy atom. The Labute approximate surface area is 244 Å². The van der Waals surface area contributed by atoms with E-state index in [1.165, 1.54) is 6.08 Å². The maximum Gasteiger partial charge on any atom is 0.397 e. The van der Waals surface area contributed by atoms with Gasteiger partial charge in [-0.25, -0.2) is 9.17 Å². The molecule has 4 rings (SSSR count). The second kappa shape index (κ2) is 12.5. The first-order valence-corrected chi connectivity index (χ1v) is 13.2. The minimum atomic E-state index is -4.48. The fourth-order valence-corrected chi connectivity index (χ4v) is 4.83. The topological polar surface area (TPSA) is 139 Å². The summed E-state index contributed by atoms with van der Waals surface area (Å²) in [5.74, 6) is -0.706. The third kappa shape index (κ3) is 7.18. The van der Waals surface area contributed by atoms with Gasteiger partial charge in [-0.3, -0.25) is 14.1 Å². The first-order chi connectivity index (χ1) is 17.2. The predicted octanol–water partition coefficient (Wildman–Crippen LogP) is 4.94. The van der Waals surface area contributed by atoms with Crippen molar-refractivity contribution in [3.8, 4) is 0 Å². The third-order valence-electron chi connectivity index (χ3n) is 5.22. The molecule has 0 saturated carbocycles. The summed E-state index contributed by atoms with van der Waals surface area (Å²) < 4.78 is 34.5. The van der Waals surface area contributed by atoms with Crippen LogP contribution in [0.15, 0.2) is 64.3 Å². The normalized spacial score (nSPS) is 13.1. The van der Waals surface area contributed by atoms with Crippen LogP contribution in [0.5, 0.6) is 0 Å². The summed E-state index contributed by atoms with van der Waals surface area (Å²) in [5, 5.41) is 8.62. The van der Waals surface area contributed by atoms with E-state index in [4.69, 9.17) is 16.2 Å². The zero-order valence-corrected chi connectivity index (χ0v) is 24.2. The minimum absolute atomic E-state index is 0. The van der Waals surface area contributed by atoms with E-state index in [0.717, 1.165) is 17.0 Å². The number of likely N-dealkylation sites (N-methyl/N-ethyl adjacent to an activating group) is 1. The molecule has 0 amide bonds. The smallest absolute Gasteiger partial charge is 0.369 e. The van der Waals surface area contributed by atoms with Crippen LogP contribution in [-0.2, 0) is 14.6 Å². The number of Topliss-reactive ketones (excluding diaryl/α,β-unsaturated/α-hetero) is 2. The molecule has 1 aromatic heterocycles. The van der Waals surface area contributed by atoms with E-state index >= 15 is 0 Å². The molecule has 1 N–H and O–H groups in total. The number of hydrogen-bond acceptors (Lipinski definition) is 10. The molecule has 1 aliphatic carbocycles. The quantitative estimate of drug-likeness (QED) is 0.126. The predicted molar refractivity (Wildman–Crippen MR) is 142 cm³/mol. The summed E-state index contributed by atoms with van der Waals surface area (Å²) in [6.07, 6.45) is 1.43. The van der Waals surface area contributed by atoms with Gasteiger partial charge < -0.3 is 4.90 Å². The summed E-state index contributed by atoms with van der Waals surface area (Å²) >= 11 is 7.31. The van der Waals surface area contributed by atoms with Gasteiger partial charge in [0.25, 0.3) is 0 Å². The zero-order chi connectivity index (χ0) is 25.9. The molecule has 1 radical (unpaired) electrons. The molecule has 0 bridgehead atoms. The monoisotopic (exact) mass is 569 g/mol. The standard InChI is InChI=1S/C23H19ClN4O6S2.Na/c1-2-28(11-12-34-36(31,32)33)15-9-7-14(8-10-15)26-27-23-25-22(24)19(35-23)13-18-20(29)16-5-3-4-6-17(16)21(18)30;/h3-10,13H,2,11-12H2,1H3,(H,31,32,33);. The number of rotatable bonds is 9. The number of thiazole rings is 1. The van der Waals surface area contributed by atoms with Crippen molar-refractivity contribution in [2.75, 3.05) is 24.6 Å². The molecule has 1 heterocycles. The van der Waals surface area contributed by atoms with Gasteiger partial charge in [-0.1, -0.05) is 47.2 Å². The molecule has 0 atom stereocenters. The molecule has 0 spiro atoms. The molecule has 187 valence electrons. The number of benzene rings is 2. The summed E-state index contributed by atoms with van der Waals surface area (Å²) in [5.41, 5.74) is 2.10. The van der Waals surface area contributed by atoms with Crippen molar-refractivity contribution in [1.29, 1.82) is 0 Å². The average molecular weight is 570 g/mol. The van der Waals surface area contributed by atoms with Gasteiger partial charge in [0.2, 0.25) is 5.13 Å². The van der Waals surface area contributed by atoms with Crippen LogP contribution in [0, 0.1) is 0 Å². The van der Waals surface area contributed by atoms with E-state index in [1.54, 1.807) is 48.5 Å². The Hall–Kier alpha value is -2.29. The van der Waals surface area contributed by atoms with Crippen LogP contribution < -0.4 is 4.90 Å². The van der Waals surface area contributed by atoms with Gasteiger partial charge >= 0.3 is 10.4 Å². The van der Waals surface area contributed by atoms with Crippen LogP contribution in [0.2, 0.25) is 5.15 Å². The van der Waals surface area contributed by atoms with Crippen LogP contribution in [-0.4, -0.2) is 78.8 Å². The second-order valence-corrected chi connectivity index (χ2v) is 9.92. The summed E-state index contributed by atoms with van der Waals surface area (Å²) in [7, 11) is -4.48. The number of aromatic nitrogens is 1. The van der Waals surface area contributed by atoms with Crippen LogP contribution in [0.1, 0.15) is 32.5 Å².